The summed E-state index contributed by atoms with van der Waals surface area (Å²) in [6, 6.07) is 6.70. The summed E-state index contributed by atoms with van der Waals surface area (Å²) in [6.45, 7) is 6.05. The van der Waals surface area contributed by atoms with Crippen LogP contribution in [0, 0.1) is 6.92 Å². The van der Waals surface area contributed by atoms with Gasteiger partial charge in [0.05, 0.1) is 0 Å². The molecule has 0 heterocycles. The molecule has 2 rings (SSSR count). The molecule has 74 valence electrons. The van der Waals surface area contributed by atoms with Crippen molar-refractivity contribution < 1.29 is 0 Å². The molecule has 0 N–H and O–H groups in total. The van der Waals surface area contributed by atoms with E-state index in [2.05, 4.69) is 31.7 Å². The van der Waals surface area contributed by atoms with Crippen molar-refractivity contribution in [3.05, 3.63) is 41.5 Å². The van der Waals surface area contributed by atoms with Crippen LogP contribution in [0.5, 0.6) is 0 Å². The third kappa shape index (κ3) is 1.75. The van der Waals surface area contributed by atoms with E-state index in [-0.39, 0.29) is 0 Å². The third-order valence-corrected chi connectivity index (χ3v) is 3.33. The quantitative estimate of drug-likeness (QED) is 0.646. The molecule has 0 nitrogen and oxygen atoms in total. The molecule has 0 radical (unpaired) electrons. The molecule has 0 atom stereocenters. The lowest BCUT2D eigenvalue weighted by Gasteiger charge is -2.13. The van der Waals surface area contributed by atoms with Gasteiger partial charge in [0.25, 0.3) is 0 Å². The summed E-state index contributed by atoms with van der Waals surface area (Å²) < 4.78 is 0. The molecule has 0 bridgehead atoms. The highest BCUT2D eigenvalue weighted by atomic mass is 14.2. The van der Waals surface area contributed by atoms with E-state index in [1.54, 1.807) is 5.56 Å². The van der Waals surface area contributed by atoms with Crippen LogP contribution in [0.15, 0.2) is 24.8 Å². The Hall–Kier alpha value is -1.04. The Bertz CT molecular complexity index is 330. The monoisotopic (exact) mass is 186 g/mol. The predicted molar refractivity (Wildman–Crippen MR) is 62.5 cm³/mol. The first-order chi connectivity index (χ1) is 6.81. The van der Waals surface area contributed by atoms with Gasteiger partial charge in [-0.3, -0.25) is 0 Å². The maximum atomic E-state index is 3.83. The fraction of sp³-hybridized carbons (Fsp3) is 0.429. The van der Waals surface area contributed by atoms with Gasteiger partial charge >= 0.3 is 0 Å². The number of hydrogen-bond donors (Lipinski definition) is 0. The largest absolute Gasteiger partial charge is 0.0985 e. The van der Waals surface area contributed by atoms with E-state index in [1.165, 1.54) is 36.8 Å². The van der Waals surface area contributed by atoms with E-state index >= 15 is 0 Å². The highest BCUT2D eigenvalue weighted by molar-refractivity contribution is 5.50. The number of rotatable bonds is 2. The summed E-state index contributed by atoms with van der Waals surface area (Å²) in [5.41, 5.74) is 4.26. The van der Waals surface area contributed by atoms with Gasteiger partial charge in [0.2, 0.25) is 0 Å². The Morgan fingerprint density at radius 3 is 2.64 bits per heavy atom. The summed E-state index contributed by atoms with van der Waals surface area (Å²) in [5.74, 6) is 0.815. The highest BCUT2D eigenvalue weighted by Crippen LogP contribution is 2.36. The Morgan fingerprint density at radius 2 is 2.00 bits per heavy atom. The molecule has 1 saturated carbocycles. The summed E-state index contributed by atoms with van der Waals surface area (Å²) in [4.78, 5) is 0. The van der Waals surface area contributed by atoms with Crippen molar-refractivity contribution in [1.29, 1.82) is 0 Å². The second-order valence-electron chi connectivity index (χ2n) is 4.30. The fourth-order valence-electron chi connectivity index (χ4n) is 2.46. The van der Waals surface area contributed by atoms with Crippen molar-refractivity contribution in [2.24, 2.45) is 0 Å². The van der Waals surface area contributed by atoms with Crippen LogP contribution in [0.25, 0.3) is 6.08 Å². The Kier molecular flexibility index (Phi) is 2.72. The summed E-state index contributed by atoms with van der Waals surface area (Å²) in [6.07, 6.45) is 7.51. The van der Waals surface area contributed by atoms with Gasteiger partial charge in [-0.2, -0.15) is 0 Å². The number of hydrogen-bond acceptors (Lipinski definition) is 0. The van der Waals surface area contributed by atoms with Crippen molar-refractivity contribution in [3.8, 4) is 0 Å². The number of benzene rings is 1. The van der Waals surface area contributed by atoms with Gasteiger partial charge in [0, 0.05) is 0 Å². The molecular weight excluding hydrogens is 168 g/mol. The van der Waals surface area contributed by atoms with Gasteiger partial charge in [-0.1, -0.05) is 43.7 Å². The zero-order chi connectivity index (χ0) is 9.97. The van der Waals surface area contributed by atoms with E-state index < -0.39 is 0 Å². The zero-order valence-corrected chi connectivity index (χ0v) is 8.92. The Labute approximate surface area is 86.7 Å². The topological polar surface area (TPSA) is 0 Å². The second-order valence-corrected chi connectivity index (χ2v) is 4.30. The lowest BCUT2D eigenvalue weighted by Crippen LogP contribution is -1.96. The lowest BCUT2D eigenvalue weighted by molar-refractivity contribution is 0.718. The molecular formula is C14H18. The van der Waals surface area contributed by atoms with Crippen LogP contribution >= 0.6 is 0 Å². The molecule has 0 aromatic heterocycles. The molecule has 0 spiro atoms. The Morgan fingerprint density at radius 1 is 1.29 bits per heavy atom. The molecule has 14 heavy (non-hydrogen) atoms. The molecule has 0 saturated heterocycles. The maximum absolute atomic E-state index is 3.83. The highest BCUT2D eigenvalue weighted by Gasteiger charge is 2.18. The SMILES string of the molecule is C=Cc1ccc(C)c(C2CCCC2)c1. The average molecular weight is 186 g/mol. The van der Waals surface area contributed by atoms with E-state index in [9.17, 15) is 0 Å². The molecule has 0 aliphatic heterocycles. The van der Waals surface area contributed by atoms with Crippen molar-refractivity contribution in [2.45, 2.75) is 38.5 Å². The standard InChI is InChI=1S/C14H18/c1-3-12-9-8-11(2)14(10-12)13-6-4-5-7-13/h3,8-10,13H,1,4-7H2,2H3. The van der Waals surface area contributed by atoms with Crippen LogP contribution in [-0.4, -0.2) is 0 Å². The molecule has 0 amide bonds. The van der Waals surface area contributed by atoms with Crippen LogP contribution in [0.3, 0.4) is 0 Å². The van der Waals surface area contributed by atoms with Crippen molar-refractivity contribution in [3.63, 3.8) is 0 Å². The van der Waals surface area contributed by atoms with Crippen molar-refractivity contribution >= 4 is 6.08 Å². The van der Waals surface area contributed by atoms with E-state index in [0.717, 1.165) is 5.92 Å². The van der Waals surface area contributed by atoms with Crippen molar-refractivity contribution in [1.82, 2.24) is 0 Å². The van der Waals surface area contributed by atoms with E-state index in [1.807, 2.05) is 6.08 Å². The molecule has 1 aromatic carbocycles. The van der Waals surface area contributed by atoms with Crippen LogP contribution in [0.2, 0.25) is 0 Å². The van der Waals surface area contributed by atoms with Crippen LogP contribution in [0.1, 0.15) is 48.3 Å². The van der Waals surface area contributed by atoms with Gasteiger partial charge in [-0.05, 0) is 42.4 Å². The zero-order valence-electron chi connectivity index (χ0n) is 8.92. The summed E-state index contributed by atoms with van der Waals surface area (Å²) in [7, 11) is 0. The lowest BCUT2D eigenvalue weighted by atomic mass is 9.92. The minimum absolute atomic E-state index is 0.815. The minimum Gasteiger partial charge on any atom is -0.0985 e. The first kappa shape index (κ1) is 9.51. The summed E-state index contributed by atoms with van der Waals surface area (Å²) in [5, 5.41) is 0. The molecule has 0 unspecified atom stereocenters. The second kappa shape index (κ2) is 4.00. The molecule has 1 fully saturated rings. The van der Waals surface area contributed by atoms with Crippen LogP contribution in [0.4, 0.5) is 0 Å². The van der Waals surface area contributed by atoms with Crippen molar-refractivity contribution in [2.75, 3.05) is 0 Å². The predicted octanol–water partition coefficient (Wildman–Crippen LogP) is 4.30. The average Bonchev–Trinajstić information content (AvgIpc) is 2.71. The summed E-state index contributed by atoms with van der Waals surface area (Å²) >= 11 is 0. The molecule has 0 heteroatoms. The van der Waals surface area contributed by atoms with E-state index in [0.29, 0.717) is 0 Å². The van der Waals surface area contributed by atoms with Gasteiger partial charge < -0.3 is 0 Å². The van der Waals surface area contributed by atoms with Crippen LogP contribution in [-0.2, 0) is 0 Å². The molecule has 1 aliphatic rings. The number of aryl methyl sites for hydroxylation is 1. The van der Waals surface area contributed by atoms with Gasteiger partial charge in [-0.25, -0.2) is 0 Å². The smallest absolute Gasteiger partial charge is 0.0159 e. The van der Waals surface area contributed by atoms with Gasteiger partial charge in [0.1, 0.15) is 0 Å². The Balaban J connectivity index is 2.34. The van der Waals surface area contributed by atoms with Gasteiger partial charge in [0.15, 0.2) is 0 Å². The minimum atomic E-state index is 0.815. The van der Waals surface area contributed by atoms with Gasteiger partial charge in [-0.15, -0.1) is 0 Å². The first-order valence-electron chi connectivity index (χ1n) is 5.54. The third-order valence-electron chi connectivity index (χ3n) is 3.33. The molecule has 1 aromatic rings. The molecule has 1 aliphatic carbocycles. The normalized spacial score (nSPS) is 17.2. The van der Waals surface area contributed by atoms with E-state index in [4.69, 9.17) is 0 Å². The fourth-order valence-corrected chi connectivity index (χ4v) is 2.46. The van der Waals surface area contributed by atoms with Crippen LogP contribution < -0.4 is 0 Å². The first-order valence-corrected chi connectivity index (χ1v) is 5.54. The maximum Gasteiger partial charge on any atom is -0.0159 e.